The highest BCUT2D eigenvalue weighted by Gasteiger charge is 2.24. The van der Waals surface area contributed by atoms with E-state index in [0.717, 1.165) is 31.6 Å². The third-order valence-corrected chi connectivity index (χ3v) is 5.31. The molecule has 1 aliphatic rings. The number of piperidine rings is 1. The van der Waals surface area contributed by atoms with Crippen molar-refractivity contribution in [1.29, 1.82) is 0 Å². The Morgan fingerprint density at radius 3 is 2.48 bits per heavy atom. The van der Waals surface area contributed by atoms with Crippen LogP contribution in [0.1, 0.15) is 47.4 Å². The summed E-state index contributed by atoms with van der Waals surface area (Å²) >= 11 is 5.98. The molecule has 0 aliphatic carbocycles. The van der Waals surface area contributed by atoms with Gasteiger partial charge < -0.3 is 15.5 Å². The Balaban J connectivity index is 1.59. The first-order valence-electron chi connectivity index (χ1n) is 10.1. The van der Waals surface area contributed by atoms with Crippen molar-refractivity contribution in [3.63, 3.8) is 0 Å². The number of hydrogen-bond acceptors (Lipinski definition) is 3. The molecule has 1 saturated heterocycles. The van der Waals surface area contributed by atoms with Crippen molar-refractivity contribution < 1.29 is 9.59 Å². The predicted molar refractivity (Wildman–Crippen MR) is 118 cm³/mol. The van der Waals surface area contributed by atoms with Crippen molar-refractivity contribution in [3.05, 3.63) is 64.7 Å². The number of para-hydroxylation sites is 1. The van der Waals surface area contributed by atoms with E-state index < -0.39 is 0 Å². The molecule has 0 spiro atoms. The third-order valence-electron chi connectivity index (χ3n) is 5.08. The van der Waals surface area contributed by atoms with Crippen molar-refractivity contribution in [3.8, 4) is 0 Å². The molecule has 1 heterocycles. The largest absolute Gasteiger partial charge is 0.371 e. The zero-order valence-corrected chi connectivity index (χ0v) is 17.7. The Bertz CT molecular complexity index is 861. The van der Waals surface area contributed by atoms with Crippen LogP contribution in [0.4, 0.5) is 5.69 Å². The van der Waals surface area contributed by atoms with E-state index in [9.17, 15) is 9.59 Å². The fourth-order valence-electron chi connectivity index (χ4n) is 3.50. The monoisotopic (exact) mass is 413 g/mol. The average Bonchev–Trinajstić information content (AvgIpc) is 2.72. The van der Waals surface area contributed by atoms with Crippen LogP contribution in [0.15, 0.2) is 48.5 Å². The molecule has 0 bridgehead atoms. The van der Waals surface area contributed by atoms with E-state index in [1.54, 1.807) is 24.3 Å². The van der Waals surface area contributed by atoms with E-state index >= 15 is 0 Å². The number of carbonyl (C=O) groups excluding carboxylic acids is 2. The van der Waals surface area contributed by atoms with Crippen molar-refractivity contribution in [2.75, 3.05) is 24.5 Å². The summed E-state index contributed by atoms with van der Waals surface area (Å²) < 4.78 is 0. The highest BCUT2D eigenvalue weighted by atomic mass is 35.5. The summed E-state index contributed by atoms with van der Waals surface area (Å²) in [5.41, 5.74) is 2.23. The Labute approximate surface area is 177 Å². The van der Waals surface area contributed by atoms with Gasteiger partial charge >= 0.3 is 0 Å². The molecule has 3 rings (SSSR count). The molecular formula is C23H28ClN3O2. The second-order valence-electron chi connectivity index (χ2n) is 7.87. The smallest absolute Gasteiger partial charge is 0.253 e. The number of hydrogen-bond donors (Lipinski definition) is 2. The molecule has 2 amide bonds. The summed E-state index contributed by atoms with van der Waals surface area (Å²) in [6.45, 7) is 6.39. The van der Waals surface area contributed by atoms with Crippen LogP contribution in [0, 0.1) is 5.92 Å². The number of nitrogens with one attached hydrogen (secondary N) is 2. The lowest BCUT2D eigenvalue weighted by molar-refractivity contribution is 0.0929. The summed E-state index contributed by atoms with van der Waals surface area (Å²) in [5, 5.41) is 6.66. The van der Waals surface area contributed by atoms with Crippen LogP contribution in [-0.2, 0) is 0 Å². The highest BCUT2D eigenvalue weighted by Crippen LogP contribution is 2.24. The lowest BCUT2D eigenvalue weighted by atomic mass is 10.0. The van der Waals surface area contributed by atoms with E-state index in [1.165, 1.54) is 0 Å². The summed E-state index contributed by atoms with van der Waals surface area (Å²) in [5.74, 6) is 0.273. The minimum Gasteiger partial charge on any atom is -0.371 e. The van der Waals surface area contributed by atoms with Gasteiger partial charge in [0.05, 0.1) is 5.56 Å². The molecule has 0 atom stereocenters. The third kappa shape index (κ3) is 5.73. The predicted octanol–water partition coefficient (Wildman–Crippen LogP) is 4.12. The molecule has 1 aliphatic heterocycles. The van der Waals surface area contributed by atoms with Gasteiger partial charge in [-0.25, -0.2) is 0 Å². The normalized spacial score (nSPS) is 14.7. The molecule has 2 aromatic carbocycles. The van der Waals surface area contributed by atoms with Gasteiger partial charge in [-0.15, -0.1) is 0 Å². The number of halogens is 1. The average molecular weight is 414 g/mol. The molecular weight excluding hydrogens is 386 g/mol. The number of rotatable bonds is 6. The first-order chi connectivity index (χ1) is 13.9. The molecule has 2 aromatic rings. The maximum atomic E-state index is 12.6. The Morgan fingerprint density at radius 2 is 1.79 bits per heavy atom. The maximum Gasteiger partial charge on any atom is 0.253 e. The molecule has 0 saturated carbocycles. The molecule has 0 radical (unpaired) electrons. The lowest BCUT2D eigenvalue weighted by Gasteiger charge is -2.35. The number of nitrogens with zero attached hydrogens (tertiary/aromatic N) is 1. The Morgan fingerprint density at radius 1 is 1.07 bits per heavy atom. The molecule has 6 heteroatoms. The number of carbonyl (C=O) groups is 2. The van der Waals surface area contributed by atoms with Crippen LogP contribution in [0.5, 0.6) is 0 Å². The van der Waals surface area contributed by atoms with Gasteiger partial charge in [-0.1, -0.05) is 43.6 Å². The van der Waals surface area contributed by atoms with Gasteiger partial charge in [0, 0.05) is 41.9 Å². The minimum absolute atomic E-state index is 0.0364. The van der Waals surface area contributed by atoms with E-state index in [-0.39, 0.29) is 17.9 Å². The number of benzene rings is 2. The van der Waals surface area contributed by atoms with Crippen molar-refractivity contribution in [2.24, 2.45) is 5.92 Å². The topological polar surface area (TPSA) is 61.4 Å². The fraction of sp³-hybridized carbons (Fsp3) is 0.391. The van der Waals surface area contributed by atoms with Gasteiger partial charge in [0.25, 0.3) is 11.8 Å². The van der Waals surface area contributed by atoms with Crippen LogP contribution in [0.3, 0.4) is 0 Å². The first-order valence-corrected chi connectivity index (χ1v) is 10.5. The van der Waals surface area contributed by atoms with Crippen LogP contribution in [0.2, 0.25) is 5.02 Å². The van der Waals surface area contributed by atoms with Gasteiger partial charge in [-0.2, -0.15) is 0 Å². The standard InChI is InChI=1S/C23H28ClN3O2/c1-16(2)15-25-23(29)20-8-3-4-9-21(20)27-12-10-19(11-13-27)26-22(28)17-6-5-7-18(24)14-17/h3-9,14,16,19H,10-13,15H2,1-2H3,(H,25,29)(H,26,28). The van der Waals surface area contributed by atoms with Crippen LogP contribution in [0.25, 0.3) is 0 Å². The quantitative estimate of drug-likeness (QED) is 0.748. The second-order valence-corrected chi connectivity index (χ2v) is 8.30. The van der Waals surface area contributed by atoms with Gasteiger partial charge in [0.2, 0.25) is 0 Å². The van der Waals surface area contributed by atoms with Gasteiger partial charge in [0.1, 0.15) is 0 Å². The van der Waals surface area contributed by atoms with Crippen LogP contribution >= 0.6 is 11.6 Å². The van der Waals surface area contributed by atoms with Crippen molar-refractivity contribution in [2.45, 2.75) is 32.7 Å². The van der Waals surface area contributed by atoms with Gasteiger partial charge in [-0.3, -0.25) is 9.59 Å². The lowest BCUT2D eigenvalue weighted by Crippen LogP contribution is -2.45. The maximum absolute atomic E-state index is 12.6. The highest BCUT2D eigenvalue weighted by molar-refractivity contribution is 6.30. The Hall–Kier alpha value is -2.53. The van der Waals surface area contributed by atoms with Crippen molar-refractivity contribution >= 4 is 29.1 Å². The van der Waals surface area contributed by atoms with E-state index in [0.29, 0.717) is 28.6 Å². The minimum atomic E-state index is -0.0978. The molecule has 1 fully saturated rings. The summed E-state index contributed by atoms with van der Waals surface area (Å²) in [7, 11) is 0. The number of amides is 2. The summed E-state index contributed by atoms with van der Waals surface area (Å²) in [6.07, 6.45) is 1.66. The van der Waals surface area contributed by atoms with E-state index in [2.05, 4.69) is 29.4 Å². The van der Waals surface area contributed by atoms with Crippen LogP contribution < -0.4 is 15.5 Å². The molecule has 0 unspecified atom stereocenters. The molecule has 0 aromatic heterocycles. The first kappa shape index (κ1) is 21.2. The zero-order valence-electron chi connectivity index (χ0n) is 17.0. The number of anilines is 1. The SMILES string of the molecule is CC(C)CNC(=O)c1ccccc1N1CCC(NC(=O)c2cccc(Cl)c2)CC1. The molecule has 29 heavy (non-hydrogen) atoms. The second kappa shape index (κ2) is 9.79. The molecule has 154 valence electrons. The molecule has 2 N–H and O–H groups in total. The van der Waals surface area contributed by atoms with E-state index in [1.807, 2.05) is 24.3 Å². The summed E-state index contributed by atoms with van der Waals surface area (Å²) in [6, 6.07) is 14.8. The van der Waals surface area contributed by atoms with E-state index in [4.69, 9.17) is 11.6 Å². The molecule has 5 nitrogen and oxygen atoms in total. The fourth-order valence-corrected chi connectivity index (χ4v) is 3.69. The van der Waals surface area contributed by atoms with Gasteiger partial charge in [-0.05, 0) is 49.1 Å². The van der Waals surface area contributed by atoms with Gasteiger partial charge in [0.15, 0.2) is 0 Å². The summed E-state index contributed by atoms with van der Waals surface area (Å²) in [4.78, 5) is 27.3. The Kier molecular flexibility index (Phi) is 7.15. The van der Waals surface area contributed by atoms with Crippen LogP contribution in [-0.4, -0.2) is 37.5 Å². The zero-order chi connectivity index (χ0) is 20.8. The van der Waals surface area contributed by atoms with Crippen molar-refractivity contribution in [1.82, 2.24) is 10.6 Å².